The average molecular weight is 561 g/mol. The third-order valence-corrected chi connectivity index (χ3v) is 7.97. The van der Waals surface area contributed by atoms with E-state index in [0.29, 0.717) is 6.42 Å². The van der Waals surface area contributed by atoms with Crippen molar-refractivity contribution in [3.8, 4) is 0 Å². The Labute approximate surface area is 228 Å². The number of rotatable bonds is 30. The molecule has 0 aliphatic rings. The highest BCUT2D eigenvalue weighted by molar-refractivity contribution is 9.09. The number of hydrogen-bond acceptors (Lipinski definition) is 2. The third-order valence-electron chi connectivity index (χ3n) is 7.41. The molecular weight excluding hydrogens is 498 g/mol. The van der Waals surface area contributed by atoms with Crippen molar-refractivity contribution in [2.24, 2.45) is 0 Å². The van der Waals surface area contributed by atoms with Crippen molar-refractivity contribution < 1.29 is 10.0 Å². The van der Waals surface area contributed by atoms with E-state index in [1.54, 1.807) is 5.48 Å². The quantitative estimate of drug-likeness (QED) is 0.0397. The molecule has 0 aromatic rings. The van der Waals surface area contributed by atoms with E-state index in [9.17, 15) is 4.79 Å². The second kappa shape index (κ2) is 31.9. The molecule has 0 heterocycles. The lowest BCUT2D eigenvalue weighted by atomic mass is 10.0. The molecule has 2 N–H and O–H groups in total. The molecule has 0 aliphatic carbocycles. The summed E-state index contributed by atoms with van der Waals surface area (Å²) in [6.07, 6.45) is 39.4. The van der Waals surface area contributed by atoms with Gasteiger partial charge in [0.1, 0.15) is 0 Å². The maximum absolute atomic E-state index is 10.9. The molecule has 1 amide bonds. The van der Waals surface area contributed by atoms with Crippen LogP contribution in [0.15, 0.2) is 0 Å². The Morgan fingerprint density at radius 3 is 0.800 bits per heavy atom. The largest absolute Gasteiger partial charge is 0.289 e. The number of nitrogens with one attached hydrogen (secondary N) is 1. The molecule has 0 rings (SSSR count). The van der Waals surface area contributed by atoms with E-state index in [4.69, 9.17) is 5.21 Å². The van der Waals surface area contributed by atoms with Gasteiger partial charge >= 0.3 is 0 Å². The van der Waals surface area contributed by atoms with Crippen LogP contribution in [-0.2, 0) is 4.79 Å². The van der Waals surface area contributed by atoms with E-state index in [-0.39, 0.29) is 5.91 Å². The highest BCUT2D eigenvalue weighted by Crippen LogP contribution is 2.16. The van der Waals surface area contributed by atoms with Crippen molar-refractivity contribution in [1.82, 2.24) is 5.48 Å². The fourth-order valence-electron chi connectivity index (χ4n) is 5.03. The molecule has 0 saturated heterocycles. The van der Waals surface area contributed by atoms with Crippen LogP contribution >= 0.6 is 15.9 Å². The van der Waals surface area contributed by atoms with Crippen LogP contribution in [0.25, 0.3) is 0 Å². The van der Waals surface area contributed by atoms with Crippen LogP contribution in [0, 0.1) is 0 Å². The minimum absolute atomic E-state index is 0.255. The predicted octanol–water partition coefficient (Wildman–Crippen LogP) is 11.2. The van der Waals surface area contributed by atoms with Gasteiger partial charge in [-0.05, 0) is 12.8 Å². The molecule has 0 radical (unpaired) electrons. The lowest BCUT2D eigenvalue weighted by Gasteiger charge is -2.04. The first-order valence-corrected chi connectivity index (χ1v) is 16.9. The fraction of sp³-hybridized carbons (Fsp3) is 0.968. The van der Waals surface area contributed by atoms with Gasteiger partial charge in [-0.15, -0.1) is 0 Å². The maximum Gasteiger partial charge on any atom is 0.243 e. The molecular formula is C31H62BrNO2. The first-order valence-electron chi connectivity index (χ1n) is 15.8. The number of halogens is 1. The topological polar surface area (TPSA) is 49.3 Å². The minimum atomic E-state index is -0.255. The monoisotopic (exact) mass is 559 g/mol. The Kier molecular flexibility index (Phi) is 31.9. The number of unbranched alkanes of at least 4 members (excludes halogenated alkanes) is 27. The number of carbonyl (C=O) groups is 1. The molecule has 0 spiro atoms. The molecule has 0 saturated carbocycles. The number of carbonyl (C=O) groups excluding carboxylic acids is 1. The Morgan fingerprint density at radius 1 is 0.400 bits per heavy atom. The molecule has 0 unspecified atom stereocenters. The van der Waals surface area contributed by atoms with Gasteiger partial charge in [0, 0.05) is 11.8 Å². The van der Waals surface area contributed by atoms with Crippen LogP contribution in [0.4, 0.5) is 0 Å². The summed E-state index contributed by atoms with van der Waals surface area (Å²) < 4.78 is 0. The molecule has 0 aromatic heterocycles. The molecule has 0 fully saturated rings. The zero-order valence-corrected chi connectivity index (χ0v) is 25.0. The number of alkyl halides is 1. The normalized spacial score (nSPS) is 11.3. The van der Waals surface area contributed by atoms with E-state index < -0.39 is 0 Å². The molecule has 0 aliphatic heterocycles. The van der Waals surface area contributed by atoms with Crippen molar-refractivity contribution in [3.63, 3.8) is 0 Å². The van der Waals surface area contributed by atoms with Crippen LogP contribution in [0.5, 0.6) is 0 Å². The Hall–Kier alpha value is -0.0900. The van der Waals surface area contributed by atoms with Crippen LogP contribution in [0.3, 0.4) is 0 Å². The summed E-state index contributed by atoms with van der Waals surface area (Å²) in [5.41, 5.74) is 1.70. The Morgan fingerprint density at radius 2 is 0.600 bits per heavy atom. The lowest BCUT2D eigenvalue weighted by Crippen LogP contribution is -2.17. The highest BCUT2D eigenvalue weighted by atomic mass is 79.9. The number of amides is 1. The van der Waals surface area contributed by atoms with Gasteiger partial charge in [0.15, 0.2) is 0 Å². The van der Waals surface area contributed by atoms with Crippen molar-refractivity contribution in [1.29, 1.82) is 0 Å². The first kappa shape index (κ1) is 34.9. The van der Waals surface area contributed by atoms with Crippen molar-refractivity contribution in [3.05, 3.63) is 0 Å². The molecule has 210 valence electrons. The summed E-state index contributed by atoms with van der Waals surface area (Å²) in [6, 6.07) is 0. The highest BCUT2D eigenvalue weighted by Gasteiger charge is 1.99. The van der Waals surface area contributed by atoms with Crippen LogP contribution in [0.2, 0.25) is 0 Å². The van der Waals surface area contributed by atoms with Crippen LogP contribution in [0.1, 0.15) is 186 Å². The fourth-order valence-corrected chi connectivity index (χ4v) is 5.43. The van der Waals surface area contributed by atoms with E-state index in [1.807, 2.05) is 0 Å². The van der Waals surface area contributed by atoms with Gasteiger partial charge in [0.05, 0.1) is 0 Å². The molecule has 0 bridgehead atoms. The van der Waals surface area contributed by atoms with Gasteiger partial charge in [-0.1, -0.05) is 183 Å². The summed E-state index contributed by atoms with van der Waals surface area (Å²) >= 11 is 3.51. The Balaban J connectivity index is 3.02. The van der Waals surface area contributed by atoms with E-state index in [1.165, 1.54) is 172 Å². The second-order valence-corrected chi connectivity index (χ2v) is 11.7. The third kappa shape index (κ3) is 31.9. The lowest BCUT2D eigenvalue weighted by molar-refractivity contribution is -0.129. The second-order valence-electron chi connectivity index (χ2n) is 10.9. The summed E-state index contributed by atoms with van der Waals surface area (Å²) in [7, 11) is 0. The zero-order chi connectivity index (χ0) is 25.5. The maximum atomic E-state index is 10.9. The summed E-state index contributed by atoms with van der Waals surface area (Å²) in [6.45, 7) is 0. The van der Waals surface area contributed by atoms with Gasteiger partial charge in [-0.3, -0.25) is 10.0 Å². The van der Waals surface area contributed by atoms with Crippen molar-refractivity contribution in [2.75, 3.05) is 5.33 Å². The van der Waals surface area contributed by atoms with Crippen LogP contribution < -0.4 is 5.48 Å². The zero-order valence-electron chi connectivity index (χ0n) is 23.4. The minimum Gasteiger partial charge on any atom is -0.289 e. The van der Waals surface area contributed by atoms with Crippen molar-refractivity contribution >= 4 is 21.8 Å². The standard InChI is InChI=1S/C31H62BrNO2/c32-30-28-26-24-22-20-18-16-14-12-10-8-6-4-2-1-3-5-7-9-11-13-15-17-19-21-23-25-27-29-31(34)33-35/h35H,1-30H2,(H,33,34). The molecule has 35 heavy (non-hydrogen) atoms. The molecule has 4 heteroatoms. The Bertz CT molecular complexity index is 405. The predicted molar refractivity (Wildman–Crippen MR) is 158 cm³/mol. The van der Waals surface area contributed by atoms with Gasteiger partial charge < -0.3 is 0 Å². The van der Waals surface area contributed by atoms with Gasteiger partial charge in [0.25, 0.3) is 0 Å². The van der Waals surface area contributed by atoms with E-state index >= 15 is 0 Å². The van der Waals surface area contributed by atoms with Gasteiger partial charge in [-0.2, -0.15) is 0 Å². The summed E-state index contributed by atoms with van der Waals surface area (Å²) in [4.78, 5) is 10.9. The SMILES string of the molecule is O=C(CCCCCCCCCCCCCCCCCCCCCCCCCCCCCCBr)NO. The number of hydrogen-bond donors (Lipinski definition) is 2. The summed E-state index contributed by atoms with van der Waals surface area (Å²) in [5.74, 6) is -0.255. The van der Waals surface area contributed by atoms with Crippen LogP contribution in [-0.4, -0.2) is 16.4 Å². The summed E-state index contributed by atoms with van der Waals surface area (Å²) in [5, 5.41) is 9.62. The van der Waals surface area contributed by atoms with Crippen molar-refractivity contribution in [2.45, 2.75) is 186 Å². The smallest absolute Gasteiger partial charge is 0.243 e. The molecule has 0 aromatic carbocycles. The molecule has 0 atom stereocenters. The number of hydroxylamine groups is 1. The van der Waals surface area contributed by atoms with E-state index in [2.05, 4.69) is 15.9 Å². The molecule has 3 nitrogen and oxygen atoms in total. The van der Waals surface area contributed by atoms with E-state index in [0.717, 1.165) is 12.8 Å². The average Bonchev–Trinajstić information content (AvgIpc) is 2.87. The first-order chi connectivity index (χ1) is 17.3. The van der Waals surface area contributed by atoms with Gasteiger partial charge in [0.2, 0.25) is 5.91 Å². The van der Waals surface area contributed by atoms with Gasteiger partial charge in [-0.25, -0.2) is 5.48 Å².